The molecule has 1 N–H and O–H groups in total. The van der Waals surface area contributed by atoms with Crippen molar-refractivity contribution >= 4 is 11.4 Å². The molecule has 1 atom stereocenters. The maximum Gasteiger partial charge on any atom is 0.289 e. The second-order valence-corrected chi connectivity index (χ2v) is 4.33. The van der Waals surface area contributed by atoms with Crippen molar-refractivity contribution in [3.8, 4) is 6.07 Å². The quantitative estimate of drug-likeness (QED) is 0.641. The summed E-state index contributed by atoms with van der Waals surface area (Å²) in [6.07, 6.45) is 1.02. The number of hydrogen-bond donors (Lipinski definition) is 1. The highest BCUT2D eigenvalue weighted by Crippen LogP contribution is 2.26. The Morgan fingerprint density at radius 1 is 1.61 bits per heavy atom. The van der Waals surface area contributed by atoms with Crippen molar-refractivity contribution in [1.29, 1.82) is 5.26 Å². The van der Waals surface area contributed by atoms with E-state index >= 15 is 0 Å². The van der Waals surface area contributed by atoms with Gasteiger partial charge in [0.25, 0.3) is 5.69 Å². The van der Waals surface area contributed by atoms with Crippen molar-refractivity contribution in [3.05, 3.63) is 33.9 Å². The van der Waals surface area contributed by atoms with E-state index in [0.29, 0.717) is 6.04 Å². The normalized spacial score (nSPS) is 18.3. The highest BCUT2D eigenvalue weighted by molar-refractivity contribution is 5.60. The van der Waals surface area contributed by atoms with Crippen LogP contribution in [0.1, 0.15) is 12.0 Å². The van der Waals surface area contributed by atoms with Crippen LogP contribution in [0.3, 0.4) is 0 Å². The van der Waals surface area contributed by atoms with Crippen LogP contribution in [0.4, 0.5) is 11.4 Å². The van der Waals surface area contributed by atoms with Gasteiger partial charge in [0, 0.05) is 31.4 Å². The molecule has 1 fully saturated rings. The fourth-order valence-electron chi connectivity index (χ4n) is 2.17. The summed E-state index contributed by atoms with van der Waals surface area (Å²) in [6, 6.07) is 6.91. The first-order chi connectivity index (χ1) is 8.63. The average molecular weight is 246 g/mol. The number of nitrogens with one attached hydrogen (secondary N) is 1. The molecule has 0 amide bonds. The molecule has 0 saturated carbocycles. The molecule has 1 unspecified atom stereocenters. The summed E-state index contributed by atoms with van der Waals surface area (Å²) in [6.45, 7) is 1.84. The van der Waals surface area contributed by atoms with Gasteiger partial charge in [-0.25, -0.2) is 0 Å². The van der Waals surface area contributed by atoms with E-state index in [1.807, 2.05) is 18.0 Å². The van der Waals surface area contributed by atoms with Gasteiger partial charge in [0.2, 0.25) is 0 Å². The molecule has 0 spiro atoms. The van der Waals surface area contributed by atoms with E-state index in [2.05, 4.69) is 5.32 Å². The first-order valence-electron chi connectivity index (χ1n) is 5.75. The Morgan fingerprint density at radius 2 is 2.39 bits per heavy atom. The topological polar surface area (TPSA) is 82.2 Å². The zero-order chi connectivity index (χ0) is 13.1. The fourth-order valence-corrected chi connectivity index (χ4v) is 2.17. The lowest BCUT2D eigenvalue weighted by atomic mass is 10.1. The highest BCUT2D eigenvalue weighted by Gasteiger charge is 2.22. The molecule has 1 aromatic rings. The number of hydrogen-bond acceptors (Lipinski definition) is 5. The summed E-state index contributed by atoms with van der Waals surface area (Å²) < 4.78 is 0. The number of nitro benzene ring substituents is 1. The number of nitrogens with zero attached hydrogens (tertiary/aromatic N) is 3. The van der Waals surface area contributed by atoms with Gasteiger partial charge in [-0.3, -0.25) is 10.1 Å². The van der Waals surface area contributed by atoms with E-state index < -0.39 is 4.92 Å². The zero-order valence-electron chi connectivity index (χ0n) is 10.1. The Balaban J connectivity index is 2.31. The standard InChI is InChI=1S/C12H14N4O2/c1-15(11-4-5-14-8-11)10-3-2-9(7-13)12(6-10)16(17)18/h2-3,6,11,14H,4-5,8H2,1H3. The lowest BCUT2D eigenvalue weighted by molar-refractivity contribution is -0.385. The Bertz CT molecular complexity index is 503. The van der Waals surface area contributed by atoms with Crippen molar-refractivity contribution in [2.45, 2.75) is 12.5 Å². The molecule has 1 aromatic carbocycles. The second kappa shape index (κ2) is 5.02. The molecule has 1 aliphatic rings. The lowest BCUT2D eigenvalue weighted by Gasteiger charge is -2.25. The first-order valence-corrected chi connectivity index (χ1v) is 5.75. The summed E-state index contributed by atoms with van der Waals surface area (Å²) in [7, 11) is 1.92. The molecule has 6 heteroatoms. The van der Waals surface area contributed by atoms with Crippen LogP contribution in [0, 0.1) is 21.4 Å². The van der Waals surface area contributed by atoms with Crippen LogP contribution in [0.15, 0.2) is 18.2 Å². The number of nitriles is 1. The molecule has 0 bridgehead atoms. The van der Waals surface area contributed by atoms with E-state index in [0.717, 1.165) is 25.2 Å². The van der Waals surface area contributed by atoms with Crippen molar-refractivity contribution in [2.75, 3.05) is 25.0 Å². The summed E-state index contributed by atoms with van der Waals surface area (Å²) >= 11 is 0. The number of benzene rings is 1. The van der Waals surface area contributed by atoms with Gasteiger partial charge in [0.05, 0.1) is 4.92 Å². The maximum absolute atomic E-state index is 10.9. The molecule has 0 radical (unpaired) electrons. The van der Waals surface area contributed by atoms with Gasteiger partial charge < -0.3 is 10.2 Å². The summed E-state index contributed by atoms with van der Waals surface area (Å²) in [4.78, 5) is 12.4. The summed E-state index contributed by atoms with van der Waals surface area (Å²) in [5.74, 6) is 0. The van der Waals surface area contributed by atoms with Crippen molar-refractivity contribution in [1.82, 2.24) is 5.32 Å². The number of anilines is 1. The van der Waals surface area contributed by atoms with Gasteiger partial charge in [-0.1, -0.05) is 0 Å². The third-order valence-corrected chi connectivity index (χ3v) is 3.29. The minimum absolute atomic E-state index is 0.0988. The van der Waals surface area contributed by atoms with Crippen LogP contribution in [0.5, 0.6) is 0 Å². The molecular weight excluding hydrogens is 232 g/mol. The third kappa shape index (κ3) is 2.26. The molecule has 2 rings (SSSR count). The van der Waals surface area contributed by atoms with Gasteiger partial charge >= 0.3 is 0 Å². The molecule has 6 nitrogen and oxygen atoms in total. The number of rotatable bonds is 3. The Hall–Kier alpha value is -2.13. The smallest absolute Gasteiger partial charge is 0.289 e. The van der Waals surface area contributed by atoms with E-state index in [1.54, 1.807) is 6.07 Å². The highest BCUT2D eigenvalue weighted by atomic mass is 16.6. The third-order valence-electron chi connectivity index (χ3n) is 3.29. The predicted octanol–water partition coefficient (Wildman–Crippen LogP) is 1.26. The van der Waals surface area contributed by atoms with Crippen LogP contribution in [0.2, 0.25) is 0 Å². The van der Waals surface area contributed by atoms with E-state index in [4.69, 9.17) is 5.26 Å². The van der Waals surface area contributed by atoms with Crippen molar-refractivity contribution < 1.29 is 4.92 Å². The van der Waals surface area contributed by atoms with Crippen LogP contribution in [-0.2, 0) is 0 Å². The fraction of sp³-hybridized carbons (Fsp3) is 0.417. The van der Waals surface area contributed by atoms with Crippen molar-refractivity contribution in [3.63, 3.8) is 0 Å². The molecular formula is C12H14N4O2. The Morgan fingerprint density at radius 3 is 2.94 bits per heavy atom. The van der Waals surface area contributed by atoms with E-state index in [1.165, 1.54) is 12.1 Å². The SMILES string of the molecule is CN(c1ccc(C#N)c([N+](=O)[O-])c1)C1CCNC1. The van der Waals surface area contributed by atoms with Gasteiger partial charge in [0.15, 0.2) is 0 Å². The van der Waals surface area contributed by atoms with E-state index in [-0.39, 0.29) is 11.3 Å². The molecule has 94 valence electrons. The predicted molar refractivity (Wildman–Crippen MR) is 67.5 cm³/mol. The maximum atomic E-state index is 10.9. The summed E-state index contributed by atoms with van der Waals surface area (Å²) in [5.41, 5.74) is 0.740. The van der Waals surface area contributed by atoms with E-state index in [9.17, 15) is 10.1 Å². The average Bonchev–Trinajstić information content (AvgIpc) is 2.90. The van der Waals surface area contributed by atoms with Gasteiger partial charge in [-0.15, -0.1) is 0 Å². The van der Waals surface area contributed by atoms with Crippen LogP contribution < -0.4 is 10.2 Å². The minimum atomic E-state index is -0.511. The first kappa shape index (κ1) is 12.3. The van der Waals surface area contributed by atoms with Crippen LogP contribution in [-0.4, -0.2) is 31.1 Å². The molecule has 0 aromatic heterocycles. The number of nitro groups is 1. The van der Waals surface area contributed by atoms with Crippen LogP contribution in [0.25, 0.3) is 0 Å². The largest absolute Gasteiger partial charge is 0.370 e. The molecule has 1 aliphatic heterocycles. The number of likely N-dealkylation sites (N-methyl/N-ethyl adjacent to an activating group) is 1. The van der Waals surface area contributed by atoms with Crippen LogP contribution >= 0.6 is 0 Å². The van der Waals surface area contributed by atoms with Crippen molar-refractivity contribution in [2.24, 2.45) is 0 Å². The molecule has 18 heavy (non-hydrogen) atoms. The monoisotopic (exact) mass is 246 g/mol. The molecule has 1 saturated heterocycles. The van der Waals surface area contributed by atoms with Gasteiger partial charge in [0.1, 0.15) is 11.6 Å². The lowest BCUT2D eigenvalue weighted by Crippen LogP contribution is -2.33. The Kier molecular flexibility index (Phi) is 3.44. The molecule has 0 aliphatic carbocycles. The minimum Gasteiger partial charge on any atom is -0.370 e. The Labute approximate surface area is 105 Å². The second-order valence-electron chi connectivity index (χ2n) is 4.33. The zero-order valence-corrected chi connectivity index (χ0v) is 10.1. The van der Waals surface area contributed by atoms with Gasteiger partial charge in [-0.05, 0) is 25.1 Å². The molecule has 1 heterocycles. The summed E-state index contributed by atoms with van der Waals surface area (Å²) in [5, 5.41) is 23.0. The van der Waals surface area contributed by atoms with Gasteiger partial charge in [-0.2, -0.15) is 5.26 Å².